The molecule has 0 atom stereocenters. The van der Waals surface area contributed by atoms with Crippen molar-refractivity contribution < 1.29 is 29.6 Å². The Morgan fingerprint density at radius 3 is 2.64 bits per heavy atom. The van der Waals surface area contributed by atoms with E-state index in [2.05, 4.69) is 24.3 Å². The van der Waals surface area contributed by atoms with Gasteiger partial charge in [-0.05, 0) is 0 Å². The summed E-state index contributed by atoms with van der Waals surface area (Å²) in [6.45, 7) is 0. The summed E-state index contributed by atoms with van der Waals surface area (Å²) in [5.74, 6) is 0. The molecule has 2 aliphatic carbocycles. The molecule has 0 amide bonds. The van der Waals surface area contributed by atoms with E-state index >= 15 is 0 Å². The molecule has 11 heavy (non-hydrogen) atoms. The Balaban J connectivity index is 0.000000605. The van der Waals surface area contributed by atoms with Crippen molar-refractivity contribution in [1.82, 2.24) is 0 Å². The summed E-state index contributed by atoms with van der Waals surface area (Å²) < 4.78 is 0. The van der Waals surface area contributed by atoms with Gasteiger partial charge in [-0.15, -0.1) is 29.8 Å². The minimum atomic E-state index is 0. The number of fused-ring (bicyclic) bond motifs is 1. The molecule has 0 saturated carbocycles. The van der Waals surface area contributed by atoms with Crippen LogP contribution in [-0.4, -0.2) is 0 Å². The van der Waals surface area contributed by atoms with E-state index in [1.54, 1.807) is 0 Å². The Kier molecular flexibility index (Phi) is 3.13. The first-order valence-corrected chi connectivity index (χ1v) is 3.32. The first kappa shape index (κ1) is 8.79. The van der Waals surface area contributed by atoms with Crippen molar-refractivity contribution in [2.75, 3.05) is 0 Å². The van der Waals surface area contributed by atoms with E-state index in [1.165, 1.54) is 11.1 Å². The predicted octanol–water partition coefficient (Wildman–Crippen LogP) is -0.404. The first-order chi connectivity index (χ1) is 4.97. The molecule has 0 saturated heterocycles. The van der Waals surface area contributed by atoms with Gasteiger partial charge < -0.3 is 0 Å². The first-order valence-electron chi connectivity index (χ1n) is 3.32. The molecule has 2 aliphatic rings. The molecule has 0 N–H and O–H groups in total. The van der Waals surface area contributed by atoms with Crippen molar-refractivity contribution in [2.24, 2.45) is 0 Å². The maximum absolute atomic E-state index is 3.14. The van der Waals surface area contributed by atoms with E-state index in [-0.39, 0.29) is 29.6 Å². The minimum absolute atomic E-state index is 0. The van der Waals surface area contributed by atoms with Crippen molar-refractivity contribution in [1.29, 1.82) is 0 Å². The zero-order chi connectivity index (χ0) is 6.81. The fraction of sp³-hybridized carbons (Fsp3) is 0. The van der Waals surface area contributed by atoms with E-state index in [4.69, 9.17) is 0 Å². The Morgan fingerprint density at radius 2 is 1.73 bits per heavy atom. The fourth-order valence-electron chi connectivity index (χ4n) is 1.06. The van der Waals surface area contributed by atoms with Crippen LogP contribution in [-0.2, 0) is 0 Å². The minimum Gasteiger partial charge on any atom is -0.168 e. The monoisotopic (exact) mass is 150 g/mol. The maximum Gasteiger partial charge on any atom is 1.00 e. The fourth-order valence-corrected chi connectivity index (χ4v) is 1.06. The third-order valence-corrected chi connectivity index (χ3v) is 1.57. The van der Waals surface area contributed by atoms with E-state index in [0.717, 1.165) is 0 Å². The summed E-state index contributed by atoms with van der Waals surface area (Å²) in [6.07, 6.45) is 0. The van der Waals surface area contributed by atoms with Gasteiger partial charge in [0.05, 0.1) is 0 Å². The normalized spacial score (nSPS) is 9.09. The molecule has 0 spiro atoms. The Labute approximate surface area is 88.9 Å². The van der Waals surface area contributed by atoms with Gasteiger partial charge in [-0.1, -0.05) is 12.1 Å². The summed E-state index contributed by atoms with van der Waals surface area (Å²) >= 11 is 0. The van der Waals surface area contributed by atoms with E-state index in [0.29, 0.717) is 0 Å². The molecule has 2 rings (SSSR count). The van der Waals surface area contributed by atoms with Gasteiger partial charge in [-0.2, -0.15) is 17.7 Å². The number of rotatable bonds is 0. The molecule has 1 heteroatoms. The topological polar surface area (TPSA) is 0 Å². The average molecular weight is 150 g/mol. The number of hydrogen-bond donors (Lipinski definition) is 0. The molecule has 0 heterocycles. The van der Waals surface area contributed by atoms with Gasteiger partial charge in [-0.3, -0.25) is 0 Å². The van der Waals surface area contributed by atoms with Crippen LogP contribution in [0.25, 0.3) is 11.1 Å². The third-order valence-electron chi connectivity index (χ3n) is 1.57. The van der Waals surface area contributed by atoms with E-state index in [9.17, 15) is 0 Å². The Morgan fingerprint density at radius 1 is 0.909 bits per heavy atom. The SMILES string of the molecule is [Na+].[c-]1ccc2cccccc1-2. The Hall–Kier alpha value is -0.300. The van der Waals surface area contributed by atoms with Crippen molar-refractivity contribution >= 4 is 0 Å². The van der Waals surface area contributed by atoms with Crippen LogP contribution in [0.2, 0.25) is 0 Å². The average Bonchev–Trinajstić information content (AvgIpc) is 2.28. The number of hydrogen-bond acceptors (Lipinski definition) is 0. The molecule has 0 aliphatic heterocycles. The van der Waals surface area contributed by atoms with Crippen molar-refractivity contribution in [3.05, 3.63) is 48.5 Å². The van der Waals surface area contributed by atoms with Gasteiger partial charge in [0.25, 0.3) is 0 Å². The molecular formula is C10H7Na. The molecule has 0 fully saturated rings. The molecule has 0 unspecified atom stereocenters. The molecule has 0 aromatic carbocycles. The molecule has 0 bridgehead atoms. The molecule has 0 nitrogen and oxygen atoms in total. The van der Waals surface area contributed by atoms with E-state index < -0.39 is 0 Å². The summed E-state index contributed by atoms with van der Waals surface area (Å²) in [4.78, 5) is 0. The van der Waals surface area contributed by atoms with Crippen LogP contribution in [0, 0.1) is 6.07 Å². The van der Waals surface area contributed by atoms with Crippen molar-refractivity contribution in [2.45, 2.75) is 0 Å². The van der Waals surface area contributed by atoms with Crippen LogP contribution in [0.5, 0.6) is 0 Å². The zero-order valence-corrected chi connectivity index (χ0v) is 8.54. The van der Waals surface area contributed by atoms with Crippen LogP contribution in [0.15, 0.2) is 42.5 Å². The second kappa shape index (κ2) is 3.91. The second-order valence-corrected chi connectivity index (χ2v) is 2.26. The van der Waals surface area contributed by atoms with Gasteiger partial charge in [0.2, 0.25) is 0 Å². The van der Waals surface area contributed by atoms with Crippen LogP contribution in [0.1, 0.15) is 0 Å². The van der Waals surface area contributed by atoms with Crippen molar-refractivity contribution in [3.8, 4) is 11.1 Å². The smallest absolute Gasteiger partial charge is 0.168 e. The zero-order valence-electron chi connectivity index (χ0n) is 6.54. The summed E-state index contributed by atoms with van der Waals surface area (Å²) in [5, 5.41) is 0. The van der Waals surface area contributed by atoms with Crippen molar-refractivity contribution in [3.63, 3.8) is 0 Å². The largest absolute Gasteiger partial charge is 1.00 e. The standard InChI is InChI=1S/C10H7.Na/c1-2-5-9-7-4-8-10(9)6-3-1;/h1-7H;/q-1;+1. The maximum atomic E-state index is 3.14. The van der Waals surface area contributed by atoms with Gasteiger partial charge >= 0.3 is 29.6 Å². The van der Waals surface area contributed by atoms with Crippen LogP contribution < -0.4 is 29.6 Å². The molecule has 0 aromatic heterocycles. The van der Waals surface area contributed by atoms with E-state index in [1.807, 2.05) is 24.3 Å². The van der Waals surface area contributed by atoms with Crippen LogP contribution >= 0.6 is 0 Å². The predicted molar refractivity (Wildman–Crippen MR) is 41.9 cm³/mol. The van der Waals surface area contributed by atoms with Gasteiger partial charge in [-0.25, -0.2) is 0 Å². The molecular weight excluding hydrogens is 143 g/mol. The molecule has 0 aromatic rings. The van der Waals surface area contributed by atoms with Gasteiger partial charge in [0.1, 0.15) is 0 Å². The summed E-state index contributed by atoms with van der Waals surface area (Å²) in [5.41, 5.74) is 2.44. The third kappa shape index (κ3) is 1.84. The van der Waals surface area contributed by atoms with Crippen LogP contribution in [0.3, 0.4) is 0 Å². The summed E-state index contributed by atoms with van der Waals surface area (Å²) in [7, 11) is 0. The van der Waals surface area contributed by atoms with Gasteiger partial charge in [0.15, 0.2) is 0 Å². The molecule has 0 radical (unpaired) electrons. The summed E-state index contributed by atoms with van der Waals surface area (Å²) in [6, 6.07) is 17.4. The Bertz CT molecular complexity index is 276. The second-order valence-electron chi connectivity index (χ2n) is 2.26. The quantitative estimate of drug-likeness (QED) is 0.354. The molecule has 48 valence electrons. The van der Waals surface area contributed by atoms with Crippen LogP contribution in [0.4, 0.5) is 0 Å². The van der Waals surface area contributed by atoms with Gasteiger partial charge in [0, 0.05) is 0 Å².